The molecule has 0 unspecified atom stereocenters. The Hall–Kier alpha value is -5.92. The molecule has 0 saturated heterocycles. The molecule has 8 aromatic carbocycles. The van der Waals surface area contributed by atoms with Gasteiger partial charge in [0.2, 0.25) is 0 Å². The normalized spacial score (nSPS) is 15.5. The minimum atomic E-state index is -0.618. The van der Waals surface area contributed by atoms with Gasteiger partial charge < -0.3 is 4.42 Å². The maximum Gasteiger partial charge on any atom is 0.143 e. The maximum atomic E-state index is 9.29. The summed E-state index contributed by atoms with van der Waals surface area (Å²) in [6.07, 6.45) is -0.494. The molecule has 0 bridgehead atoms. The first-order chi connectivity index (χ1) is 28.2. The molecule has 0 fully saturated rings. The van der Waals surface area contributed by atoms with Crippen LogP contribution in [0.15, 0.2) is 174 Å². The van der Waals surface area contributed by atoms with Crippen molar-refractivity contribution in [3.05, 3.63) is 181 Å². The first kappa shape index (κ1) is 16.4. The highest BCUT2D eigenvalue weighted by molar-refractivity contribution is 6.17. The number of rotatable bonds is 5. The fraction of sp³-hybridized carbons (Fsp3) is 0.0222. The summed E-state index contributed by atoms with van der Waals surface area (Å²) in [4.78, 5) is 0. The van der Waals surface area contributed by atoms with Crippen LogP contribution in [0.5, 0.6) is 0 Å². The monoisotopic (exact) mass is 599 g/mol. The molecule has 1 heteroatoms. The van der Waals surface area contributed by atoms with Gasteiger partial charge in [0.25, 0.3) is 0 Å². The summed E-state index contributed by atoms with van der Waals surface area (Å²) >= 11 is 0. The highest BCUT2D eigenvalue weighted by atomic mass is 16.3. The molecule has 46 heavy (non-hydrogen) atoms. The van der Waals surface area contributed by atoms with E-state index in [2.05, 4.69) is 0 Å². The van der Waals surface area contributed by atoms with Gasteiger partial charge in [-0.3, -0.25) is 0 Å². The van der Waals surface area contributed by atoms with Gasteiger partial charge in [0.15, 0.2) is 0 Å². The smallest absolute Gasteiger partial charge is 0.143 e. The predicted molar refractivity (Wildman–Crippen MR) is 194 cm³/mol. The molecule has 0 amide bonds. The van der Waals surface area contributed by atoms with E-state index in [1.165, 1.54) is 0 Å². The molecule has 216 valence electrons. The zero-order chi connectivity index (χ0) is 41.8. The van der Waals surface area contributed by atoms with E-state index < -0.39 is 85.0 Å². The lowest BCUT2D eigenvalue weighted by atomic mass is 9.85. The standard InChI is InChI=1S/C45H30O/c1-3-14-30(15-4-1)28-41-36-20-7-9-22-38(36)43(39-23-10-8-21-37(39)41)33-19-11-18-32(29-33)35-25-12-26-40-44-34(31-16-5-2-6-17-31)24-13-27-42(44)46-45(35)40/h1-27,29H,28H2/i1D,3D,4D,7D,8D,9D,10D,14D,15D,20D,21D,22D,23D. The Kier molecular flexibility index (Phi) is 3.89. The van der Waals surface area contributed by atoms with Crippen molar-refractivity contribution in [1.82, 2.24) is 0 Å². The quantitative estimate of drug-likeness (QED) is 0.179. The summed E-state index contributed by atoms with van der Waals surface area (Å²) in [6.45, 7) is 0. The average molecular weight is 600 g/mol. The molecule has 0 atom stereocenters. The van der Waals surface area contributed by atoms with Crippen molar-refractivity contribution < 1.29 is 22.2 Å². The molecule has 1 aromatic heterocycles. The fourth-order valence-corrected chi connectivity index (χ4v) is 6.48. The Bertz CT molecular complexity index is 3170. The largest absolute Gasteiger partial charge is 0.455 e. The third-order valence-corrected chi connectivity index (χ3v) is 8.45. The second-order valence-corrected chi connectivity index (χ2v) is 11.0. The van der Waals surface area contributed by atoms with Gasteiger partial charge in [-0.15, -0.1) is 0 Å². The molecule has 0 saturated carbocycles. The van der Waals surface area contributed by atoms with E-state index in [1.807, 2.05) is 72.8 Å². The molecule has 1 nitrogen and oxygen atoms in total. The van der Waals surface area contributed by atoms with Gasteiger partial charge in [-0.1, -0.05) is 157 Å². The third kappa shape index (κ3) is 4.32. The number of furan rings is 1. The minimum Gasteiger partial charge on any atom is -0.455 e. The Labute approximate surface area is 286 Å². The molecule has 0 aliphatic rings. The van der Waals surface area contributed by atoms with Gasteiger partial charge in [-0.2, -0.15) is 0 Å². The lowest BCUT2D eigenvalue weighted by Gasteiger charge is -2.18. The van der Waals surface area contributed by atoms with E-state index in [-0.39, 0.29) is 38.2 Å². The number of para-hydroxylation sites is 1. The van der Waals surface area contributed by atoms with Crippen molar-refractivity contribution in [1.29, 1.82) is 0 Å². The van der Waals surface area contributed by atoms with Crippen LogP contribution in [0.2, 0.25) is 0 Å². The number of benzene rings is 8. The Morgan fingerprint density at radius 3 is 1.85 bits per heavy atom. The van der Waals surface area contributed by atoms with Gasteiger partial charge in [-0.05, 0) is 79.0 Å². The molecule has 0 aliphatic heterocycles. The van der Waals surface area contributed by atoms with Gasteiger partial charge in [0.1, 0.15) is 11.2 Å². The summed E-state index contributed by atoms with van der Waals surface area (Å²) < 4.78 is 121. The zero-order valence-corrected chi connectivity index (χ0v) is 24.3. The Morgan fingerprint density at radius 2 is 1.09 bits per heavy atom. The second kappa shape index (κ2) is 10.9. The van der Waals surface area contributed by atoms with E-state index in [0.717, 1.165) is 27.5 Å². The van der Waals surface area contributed by atoms with E-state index in [1.54, 1.807) is 18.2 Å². The molecule has 9 rings (SSSR count). The molecule has 0 aliphatic carbocycles. The zero-order valence-electron chi connectivity index (χ0n) is 37.3. The van der Waals surface area contributed by atoms with Gasteiger partial charge in [0.05, 0.1) is 17.8 Å². The summed E-state index contributed by atoms with van der Waals surface area (Å²) in [7, 11) is 0. The van der Waals surface area contributed by atoms with Crippen LogP contribution in [-0.2, 0) is 6.42 Å². The minimum absolute atomic E-state index is 0.0197. The van der Waals surface area contributed by atoms with E-state index in [0.29, 0.717) is 22.3 Å². The Morgan fingerprint density at radius 1 is 0.478 bits per heavy atom. The average Bonchev–Trinajstić information content (AvgIpc) is 3.65. The lowest BCUT2D eigenvalue weighted by molar-refractivity contribution is 0.670. The topological polar surface area (TPSA) is 13.1 Å². The van der Waals surface area contributed by atoms with E-state index >= 15 is 0 Å². The summed E-state index contributed by atoms with van der Waals surface area (Å²) in [5.41, 5.74) is 5.00. The van der Waals surface area contributed by atoms with Gasteiger partial charge in [0, 0.05) is 16.3 Å². The molecule has 0 radical (unpaired) electrons. The van der Waals surface area contributed by atoms with Crippen molar-refractivity contribution >= 4 is 43.5 Å². The summed E-state index contributed by atoms with van der Waals surface area (Å²) in [5, 5.41) is 1.55. The summed E-state index contributed by atoms with van der Waals surface area (Å²) in [6, 6.07) is 21.6. The third-order valence-electron chi connectivity index (χ3n) is 8.45. The predicted octanol–water partition coefficient (Wildman–Crippen LogP) is 12.5. The van der Waals surface area contributed by atoms with Crippen molar-refractivity contribution in [2.45, 2.75) is 6.42 Å². The highest BCUT2D eigenvalue weighted by Crippen LogP contribution is 2.43. The first-order valence-electron chi connectivity index (χ1n) is 21.3. The van der Waals surface area contributed by atoms with Crippen molar-refractivity contribution in [2.24, 2.45) is 0 Å². The maximum absolute atomic E-state index is 9.29. The fourth-order valence-electron chi connectivity index (χ4n) is 6.48. The van der Waals surface area contributed by atoms with Crippen LogP contribution in [-0.4, -0.2) is 0 Å². The Balaban J connectivity index is 1.39. The molecule has 9 aromatic rings. The SMILES string of the molecule is [2H]c1c([2H])c([2H])c(Cc2c3c([2H])c([2H])c([2H])c([2H])c3c(-c3cccc(-c4cccc5c4oc4cccc(-c6ccccc6)c45)c3)c3c([2H])c([2H])c([2H])c([2H])c23)c([2H])c1[2H]. The highest BCUT2D eigenvalue weighted by Gasteiger charge is 2.18. The van der Waals surface area contributed by atoms with Gasteiger partial charge in [-0.25, -0.2) is 0 Å². The first-order valence-corrected chi connectivity index (χ1v) is 14.8. The molecular formula is C45H30O. The number of hydrogen-bond donors (Lipinski definition) is 0. The van der Waals surface area contributed by atoms with Crippen molar-refractivity contribution in [2.75, 3.05) is 0 Å². The van der Waals surface area contributed by atoms with Crippen LogP contribution in [0.1, 0.15) is 28.9 Å². The van der Waals surface area contributed by atoms with Crippen molar-refractivity contribution in [3.63, 3.8) is 0 Å². The molecule has 0 spiro atoms. The van der Waals surface area contributed by atoms with Crippen LogP contribution in [0, 0.1) is 0 Å². The van der Waals surface area contributed by atoms with E-state index in [9.17, 15) is 5.48 Å². The molecule has 1 heterocycles. The lowest BCUT2D eigenvalue weighted by Crippen LogP contribution is -1.95. The van der Waals surface area contributed by atoms with Gasteiger partial charge >= 0.3 is 0 Å². The van der Waals surface area contributed by atoms with Crippen LogP contribution >= 0.6 is 0 Å². The van der Waals surface area contributed by atoms with Crippen LogP contribution in [0.3, 0.4) is 0 Å². The second-order valence-electron chi connectivity index (χ2n) is 11.0. The van der Waals surface area contributed by atoms with E-state index in [4.69, 9.17) is 16.8 Å². The molecular weight excluding hydrogens is 556 g/mol. The van der Waals surface area contributed by atoms with Crippen LogP contribution in [0.4, 0.5) is 0 Å². The summed E-state index contributed by atoms with van der Waals surface area (Å²) in [5.74, 6) is 0. The molecule has 0 N–H and O–H groups in total. The van der Waals surface area contributed by atoms with Crippen LogP contribution in [0.25, 0.3) is 76.9 Å². The van der Waals surface area contributed by atoms with Crippen LogP contribution < -0.4 is 0 Å². The van der Waals surface area contributed by atoms with Crippen molar-refractivity contribution in [3.8, 4) is 33.4 Å². The number of hydrogen-bond acceptors (Lipinski definition) is 1. The number of fused-ring (bicyclic) bond motifs is 5.